The molecule has 0 unspecified atom stereocenters. The average molecular weight is 350 g/mol. The van der Waals surface area contributed by atoms with Crippen molar-refractivity contribution in [1.29, 1.82) is 0 Å². The first-order valence-corrected chi connectivity index (χ1v) is 7.33. The second kappa shape index (κ2) is 5.35. The van der Waals surface area contributed by atoms with Crippen molar-refractivity contribution in [3.63, 3.8) is 0 Å². The first-order valence-electron chi connectivity index (χ1n) is 7.33. The van der Waals surface area contributed by atoms with E-state index in [-0.39, 0.29) is 27.9 Å². The third-order valence-corrected chi connectivity index (χ3v) is 4.27. The number of aromatic nitrogens is 5. The average Bonchev–Trinajstić information content (AvgIpc) is 3.04. The number of nitrogens with two attached hydrogens (primary N) is 1. The van der Waals surface area contributed by atoms with E-state index in [2.05, 4.69) is 19.9 Å². The Kier molecular flexibility index (Phi) is 3.36. The van der Waals surface area contributed by atoms with E-state index in [0.717, 1.165) is 6.33 Å². The van der Waals surface area contributed by atoms with Crippen LogP contribution in [0.5, 0.6) is 0 Å². The van der Waals surface area contributed by atoms with Crippen molar-refractivity contribution < 1.29 is 20.1 Å². The molecule has 0 radical (unpaired) electrons. The molecular formula is C13H14N6O6. The lowest BCUT2D eigenvalue weighted by Gasteiger charge is -2.18. The number of aliphatic hydroxyl groups is 3. The Labute approximate surface area is 137 Å². The van der Waals surface area contributed by atoms with Crippen molar-refractivity contribution in [3.05, 3.63) is 27.2 Å². The molecule has 4 heterocycles. The fraction of sp³-hybridized carbons (Fsp3) is 0.385. The van der Waals surface area contributed by atoms with E-state index in [1.807, 2.05) is 0 Å². The monoisotopic (exact) mass is 350 g/mol. The van der Waals surface area contributed by atoms with E-state index < -0.39 is 42.4 Å². The van der Waals surface area contributed by atoms with Crippen LogP contribution in [-0.4, -0.2) is 64.7 Å². The van der Waals surface area contributed by atoms with Crippen LogP contribution >= 0.6 is 0 Å². The summed E-state index contributed by atoms with van der Waals surface area (Å²) in [4.78, 5) is 36.4. The normalized spacial score (nSPS) is 26.7. The van der Waals surface area contributed by atoms with Crippen LogP contribution in [0.4, 0.5) is 5.82 Å². The van der Waals surface area contributed by atoms with Gasteiger partial charge in [0, 0.05) is 0 Å². The second-order valence-corrected chi connectivity index (χ2v) is 5.69. The maximum Gasteiger partial charge on any atom is 0.327 e. The van der Waals surface area contributed by atoms with Gasteiger partial charge in [-0.25, -0.2) is 14.8 Å². The Balaban J connectivity index is 2.11. The van der Waals surface area contributed by atoms with Gasteiger partial charge in [0.1, 0.15) is 41.8 Å². The fourth-order valence-corrected chi connectivity index (χ4v) is 3.15. The smallest absolute Gasteiger partial charge is 0.327 e. The Bertz CT molecular complexity index is 1090. The highest BCUT2D eigenvalue weighted by atomic mass is 16.6. The van der Waals surface area contributed by atoms with Crippen LogP contribution in [-0.2, 0) is 4.74 Å². The maximum absolute atomic E-state index is 12.3. The maximum atomic E-state index is 12.3. The molecule has 3 aromatic rings. The summed E-state index contributed by atoms with van der Waals surface area (Å²) < 4.78 is 6.75. The van der Waals surface area contributed by atoms with E-state index >= 15 is 0 Å². The van der Waals surface area contributed by atoms with Gasteiger partial charge in [-0.15, -0.1) is 0 Å². The van der Waals surface area contributed by atoms with Gasteiger partial charge in [-0.1, -0.05) is 0 Å². The number of rotatable bonds is 2. The third kappa shape index (κ3) is 2.09. The molecule has 132 valence electrons. The third-order valence-electron chi connectivity index (χ3n) is 4.27. The van der Waals surface area contributed by atoms with Crippen molar-refractivity contribution in [1.82, 2.24) is 24.5 Å². The van der Waals surface area contributed by atoms with Gasteiger partial charge in [0.05, 0.1) is 17.4 Å². The molecule has 0 aromatic carbocycles. The van der Waals surface area contributed by atoms with E-state index in [9.17, 15) is 24.9 Å². The number of ether oxygens (including phenoxy) is 1. The lowest BCUT2D eigenvalue weighted by atomic mass is 10.1. The van der Waals surface area contributed by atoms with Gasteiger partial charge in [-0.2, -0.15) is 0 Å². The molecule has 1 aliphatic rings. The minimum atomic E-state index is -1.44. The van der Waals surface area contributed by atoms with Crippen LogP contribution in [0, 0.1) is 0 Å². The molecule has 4 rings (SSSR count). The number of aliphatic hydroxyl groups excluding tert-OH is 3. The van der Waals surface area contributed by atoms with Gasteiger partial charge in [-0.3, -0.25) is 19.3 Å². The summed E-state index contributed by atoms with van der Waals surface area (Å²) in [5.41, 5.74) is 4.50. The predicted molar refractivity (Wildman–Crippen MR) is 83.7 cm³/mol. The zero-order valence-corrected chi connectivity index (χ0v) is 12.6. The second-order valence-electron chi connectivity index (χ2n) is 5.69. The quantitative estimate of drug-likeness (QED) is 0.282. The molecule has 0 aliphatic carbocycles. The summed E-state index contributed by atoms with van der Waals surface area (Å²) in [5, 5.41) is 29.7. The van der Waals surface area contributed by atoms with E-state index in [1.165, 1.54) is 4.57 Å². The Morgan fingerprint density at radius 1 is 1.20 bits per heavy atom. The van der Waals surface area contributed by atoms with E-state index in [0.29, 0.717) is 0 Å². The highest BCUT2D eigenvalue weighted by molar-refractivity contribution is 6.09. The molecule has 4 atom stereocenters. The molecule has 12 nitrogen and oxygen atoms in total. The number of fused-ring (bicyclic) bond motifs is 3. The van der Waals surface area contributed by atoms with Crippen LogP contribution < -0.4 is 17.0 Å². The van der Waals surface area contributed by atoms with Gasteiger partial charge in [0.15, 0.2) is 6.23 Å². The van der Waals surface area contributed by atoms with Crippen LogP contribution in [0.15, 0.2) is 15.9 Å². The van der Waals surface area contributed by atoms with Crippen LogP contribution in [0.1, 0.15) is 6.23 Å². The number of nitrogen functional groups attached to an aromatic ring is 1. The van der Waals surface area contributed by atoms with Crippen molar-refractivity contribution in [3.8, 4) is 0 Å². The largest absolute Gasteiger partial charge is 0.394 e. The molecule has 0 saturated carbocycles. The van der Waals surface area contributed by atoms with Gasteiger partial charge in [0.2, 0.25) is 0 Å². The van der Waals surface area contributed by atoms with Crippen LogP contribution in [0.2, 0.25) is 0 Å². The number of nitrogens with one attached hydrogen (secondary N) is 2. The number of anilines is 1. The van der Waals surface area contributed by atoms with Crippen molar-refractivity contribution in [2.24, 2.45) is 0 Å². The Morgan fingerprint density at radius 3 is 2.64 bits per heavy atom. The molecule has 25 heavy (non-hydrogen) atoms. The summed E-state index contributed by atoms with van der Waals surface area (Å²) in [6.45, 7) is -0.528. The first-order chi connectivity index (χ1) is 11.9. The van der Waals surface area contributed by atoms with Crippen molar-refractivity contribution in [2.45, 2.75) is 24.5 Å². The molecule has 0 bridgehead atoms. The zero-order chi connectivity index (χ0) is 17.9. The Morgan fingerprint density at radius 2 is 1.96 bits per heavy atom. The zero-order valence-electron chi connectivity index (χ0n) is 12.6. The topological polar surface area (TPSA) is 192 Å². The molecule has 0 spiro atoms. The molecule has 1 fully saturated rings. The SMILES string of the molecule is Nc1ncnc2c1c1c(=O)[nH]c(=O)[nH]c1n2[C@@H]1O[C@H](CO)[C@@H](O)[C@H]1O. The molecule has 3 aromatic heterocycles. The summed E-state index contributed by atoms with van der Waals surface area (Å²) in [5.74, 6) is -0.00181. The first kappa shape index (κ1) is 15.7. The molecule has 1 aliphatic heterocycles. The fourth-order valence-electron chi connectivity index (χ4n) is 3.15. The lowest BCUT2D eigenvalue weighted by Crippen LogP contribution is -2.33. The minimum absolute atomic E-state index is 0.00181. The molecular weight excluding hydrogens is 336 g/mol. The van der Waals surface area contributed by atoms with Gasteiger partial charge in [-0.05, 0) is 0 Å². The molecule has 0 amide bonds. The van der Waals surface area contributed by atoms with E-state index in [4.69, 9.17) is 10.5 Å². The van der Waals surface area contributed by atoms with Crippen LogP contribution in [0.25, 0.3) is 22.1 Å². The summed E-state index contributed by atoms with van der Waals surface area (Å²) in [6, 6.07) is 0. The standard InChI is InChI=1S/C13H14N6O6/c14-8-4-5-10(17-13(24)18-11(5)23)19(9(4)16-2-15-8)12-7(22)6(21)3(1-20)25-12/h2-3,6-7,12,20-22H,1H2,(H2,14,15,16)(H2,17,18,23,24)/t3-,6-,7-,12-/m1/s1. The summed E-state index contributed by atoms with van der Waals surface area (Å²) >= 11 is 0. The Hall–Kier alpha value is -2.80. The molecule has 12 heteroatoms. The lowest BCUT2D eigenvalue weighted by molar-refractivity contribution is -0.0492. The van der Waals surface area contributed by atoms with Gasteiger partial charge >= 0.3 is 5.69 Å². The number of H-pyrrole nitrogens is 2. The van der Waals surface area contributed by atoms with Crippen molar-refractivity contribution >= 4 is 27.9 Å². The number of aromatic amines is 2. The summed E-state index contributed by atoms with van der Waals surface area (Å²) in [6.07, 6.45) is -3.90. The predicted octanol–water partition coefficient (Wildman–Crippen LogP) is -2.85. The van der Waals surface area contributed by atoms with Gasteiger partial charge < -0.3 is 25.8 Å². The number of hydrogen-bond acceptors (Lipinski definition) is 9. The number of hydrogen-bond donors (Lipinski definition) is 6. The van der Waals surface area contributed by atoms with E-state index in [1.54, 1.807) is 0 Å². The number of nitrogens with zero attached hydrogens (tertiary/aromatic N) is 3. The summed E-state index contributed by atoms with van der Waals surface area (Å²) in [7, 11) is 0. The molecule has 7 N–H and O–H groups in total. The van der Waals surface area contributed by atoms with Crippen molar-refractivity contribution in [2.75, 3.05) is 12.3 Å². The molecule has 1 saturated heterocycles. The highest BCUT2D eigenvalue weighted by Gasteiger charge is 2.44. The van der Waals surface area contributed by atoms with Gasteiger partial charge in [0.25, 0.3) is 5.56 Å². The highest BCUT2D eigenvalue weighted by Crippen LogP contribution is 2.36. The minimum Gasteiger partial charge on any atom is -0.394 e. The van der Waals surface area contributed by atoms with Crippen LogP contribution in [0.3, 0.4) is 0 Å².